The van der Waals surface area contributed by atoms with Crippen molar-refractivity contribution >= 4 is 5.97 Å². The Kier molecular flexibility index (Phi) is 10.1. The van der Waals surface area contributed by atoms with Crippen LogP contribution in [0.3, 0.4) is 0 Å². The van der Waals surface area contributed by atoms with Crippen LogP contribution in [0.15, 0.2) is 60.9 Å². The molecule has 0 radical (unpaired) electrons. The summed E-state index contributed by atoms with van der Waals surface area (Å²) in [7, 11) is 0. The zero-order valence-corrected chi connectivity index (χ0v) is 20.6. The van der Waals surface area contributed by atoms with Gasteiger partial charge < -0.3 is 9.47 Å². The number of hydrogen-bond acceptors (Lipinski definition) is 5. The summed E-state index contributed by atoms with van der Waals surface area (Å²) < 4.78 is 11.3. The molecule has 3 aromatic rings. The normalized spacial score (nSPS) is 11.7. The van der Waals surface area contributed by atoms with Crippen LogP contribution >= 0.6 is 0 Å². The molecule has 34 heavy (non-hydrogen) atoms. The molecule has 1 atom stereocenters. The monoisotopic (exact) mass is 460 g/mol. The molecule has 1 aromatic heterocycles. The van der Waals surface area contributed by atoms with Gasteiger partial charge in [-0.05, 0) is 66.3 Å². The van der Waals surface area contributed by atoms with Crippen LogP contribution in [0.5, 0.6) is 5.75 Å². The predicted octanol–water partition coefficient (Wildman–Crippen LogP) is 7.05. The zero-order chi connectivity index (χ0) is 24.2. The van der Waals surface area contributed by atoms with Gasteiger partial charge in [-0.3, -0.25) is 0 Å². The molecule has 0 saturated heterocycles. The molecule has 0 aliphatic carbocycles. The van der Waals surface area contributed by atoms with Crippen LogP contribution in [0.1, 0.15) is 74.4 Å². The maximum Gasteiger partial charge on any atom is 0.338 e. The van der Waals surface area contributed by atoms with Crippen LogP contribution in [0.2, 0.25) is 0 Å². The number of nitrogens with zero attached hydrogens (tertiary/aromatic N) is 2. The first-order valence-corrected chi connectivity index (χ1v) is 12.4. The van der Waals surface area contributed by atoms with Gasteiger partial charge in [0.25, 0.3) is 0 Å². The van der Waals surface area contributed by atoms with E-state index in [1.54, 1.807) is 12.1 Å². The molecule has 5 nitrogen and oxygen atoms in total. The lowest BCUT2D eigenvalue weighted by Gasteiger charge is -2.10. The largest absolute Gasteiger partial charge is 0.489 e. The van der Waals surface area contributed by atoms with Gasteiger partial charge in [-0.15, -0.1) is 0 Å². The fraction of sp³-hybridized carbons (Fsp3) is 0.414. The SMILES string of the molecule is CCCCCCc1cnc(-c2ccc(OCc3ccc(C(=O)OCC(C)CC)cc3)cc2)nc1. The molecule has 0 fully saturated rings. The van der Waals surface area contributed by atoms with Gasteiger partial charge >= 0.3 is 5.97 Å². The summed E-state index contributed by atoms with van der Waals surface area (Å²) in [6.07, 6.45) is 10.9. The zero-order valence-electron chi connectivity index (χ0n) is 20.6. The summed E-state index contributed by atoms with van der Waals surface area (Å²) >= 11 is 0. The van der Waals surface area contributed by atoms with E-state index in [0.717, 1.165) is 35.5 Å². The number of rotatable bonds is 13. The van der Waals surface area contributed by atoms with Crippen molar-refractivity contribution in [2.24, 2.45) is 5.92 Å². The van der Waals surface area contributed by atoms with Gasteiger partial charge in [0.05, 0.1) is 12.2 Å². The van der Waals surface area contributed by atoms with Crippen molar-refractivity contribution in [3.05, 3.63) is 77.6 Å². The van der Waals surface area contributed by atoms with Gasteiger partial charge in [-0.1, -0.05) is 58.6 Å². The molecule has 1 heterocycles. The second-order valence-electron chi connectivity index (χ2n) is 8.85. The number of esters is 1. The van der Waals surface area contributed by atoms with Gasteiger partial charge in [0.1, 0.15) is 12.4 Å². The minimum absolute atomic E-state index is 0.282. The topological polar surface area (TPSA) is 61.3 Å². The van der Waals surface area contributed by atoms with E-state index in [1.807, 2.05) is 48.8 Å². The van der Waals surface area contributed by atoms with Crippen molar-refractivity contribution in [2.45, 2.75) is 65.9 Å². The average molecular weight is 461 g/mol. The van der Waals surface area contributed by atoms with Crippen LogP contribution in [-0.4, -0.2) is 22.5 Å². The highest BCUT2D eigenvalue weighted by Crippen LogP contribution is 2.21. The predicted molar refractivity (Wildman–Crippen MR) is 136 cm³/mol. The Morgan fingerprint density at radius 2 is 1.59 bits per heavy atom. The number of benzene rings is 2. The highest BCUT2D eigenvalue weighted by Gasteiger charge is 2.09. The molecule has 0 bridgehead atoms. The third-order valence-electron chi connectivity index (χ3n) is 5.93. The Balaban J connectivity index is 1.48. The fourth-order valence-electron chi connectivity index (χ4n) is 3.41. The highest BCUT2D eigenvalue weighted by atomic mass is 16.5. The first-order valence-electron chi connectivity index (χ1n) is 12.4. The number of carbonyl (C=O) groups is 1. The molecule has 3 rings (SSSR count). The summed E-state index contributed by atoms with van der Waals surface area (Å²) in [5, 5.41) is 0. The highest BCUT2D eigenvalue weighted by molar-refractivity contribution is 5.89. The van der Waals surface area contributed by atoms with Crippen LogP contribution in [0.25, 0.3) is 11.4 Å². The van der Waals surface area contributed by atoms with E-state index in [0.29, 0.717) is 24.7 Å². The molecular formula is C29H36N2O3. The van der Waals surface area contributed by atoms with Crippen molar-refractivity contribution in [2.75, 3.05) is 6.61 Å². The first-order chi connectivity index (χ1) is 16.6. The average Bonchev–Trinajstić information content (AvgIpc) is 2.89. The van der Waals surface area contributed by atoms with E-state index < -0.39 is 0 Å². The number of carbonyl (C=O) groups excluding carboxylic acids is 1. The van der Waals surface area contributed by atoms with Gasteiger partial charge in [0.2, 0.25) is 0 Å². The van der Waals surface area contributed by atoms with Crippen LogP contribution in [-0.2, 0) is 17.8 Å². The molecule has 0 saturated carbocycles. The number of aryl methyl sites for hydroxylation is 1. The Labute approximate surface area is 203 Å². The maximum atomic E-state index is 12.1. The van der Waals surface area contributed by atoms with Crippen molar-refractivity contribution in [3.8, 4) is 17.1 Å². The van der Waals surface area contributed by atoms with Gasteiger partial charge in [-0.25, -0.2) is 14.8 Å². The van der Waals surface area contributed by atoms with E-state index in [9.17, 15) is 4.79 Å². The molecule has 1 unspecified atom stereocenters. The van der Waals surface area contributed by atoms with E-state index in [1.165, 1.54) is 31.2 Å². The minimum atomic E-state index is -0.282. The molecule has 0 N–H and O–H groups in total. The summed E-state index contributed by atoms with van der Waals surface area (Å²) in [4.78, 5) is 21.2. The number of aromatic nitrogens is 2. The molecule has 0 spiro atoms. The molecular weight excluding hydrogens is 424 g/mol. The molecule has 0 aliphatic rings. The molecule has 0 aliphatic heterocycles. The maximum absolute atomic E-state index is 12.1. The Morgan fingerprint density at radius 3 is 2.24 bits per heavy atom. The Morgan fingerprint density at radius 1 is 0.882 bits per heavy atom. The van der Waals surface area contributed by atoms with E-state index in [4.69, 9.17) is 9.47 Å². The van der Waals surface area contributed by atoms with E-state index in [-0.39, 0.29) is 5.97 Å². The van der Waals surface area contributed by atoms with Crippen molar-refractivity contribution in [3.63, 3.8) is 0 Å². The lowest BCUT2D eigenvalue weighted by Crippen LogP contribution is -2.11. The van der Waals surface area contributed by atoms with Crippen LogP contribution in [0, 0.1) is 5.92 Å². The van der Waals surface area contributed by atoms with E-state index in [2.05, 4.69) is 30.7 Å². The van der Waals surface area contributed by atoms with Crippen molar-refractivity contribution < 1.29 is 14.3 Å². The fourth-order valence-corrected chi connectivity index (χ4v) is 3.41. The van der Waals surface area contributed by atoms with Crippen molar-refractivity contribution in [1.29, 1.82) is 0 Å². The third kappa shape index (κ3) is 7.98. The second kappa shape index (κ2) is 13.5. The van der Waals surface area contributed by atoms with Gasteiger partial charge in [0.15, 0.2) is 5.82 Å². The second-order valence-corrected chi connectivity index (χ2v) is 8.85. The van der Waals surface area contributed by atoms with Gasteiger partial charge in [-0.2, -0.15) is 0 Å². The standard InChI is InChI=1S/C29H36N2O3/c1-4-6-7-8-9-24-18-30-28(31-19-24)25-14-16-27(17-15-25)33-21-23-10-12-26(13-11-23)29(32)34-20-22(3)5-2/h10-19,22H,4-9,20-21H2,1-3H3. The molecule has 2 aromatic carbocycles. The summed E-state index contributed by atoms with van der Waals surface area (Å²) in [6.45, 7) is 7.25. The van der Waals surface area contributed by atoms with Crippen molar-refractivity contribution in [1.82, 2.24) is 9.97 Å². The third-order valence-corrected chi connectivity index (χ3v) is 5.93. The summed E-state index contributed by atoms with van der Waals surface area (Å²) in [6, 6.07) is 15.2. The summed E-state index contributed by atoms with van der Waals surface area (Å²) in [5.41, 5.74) is 3.70. The first kappa shape index (κ1) is 25.4. The van der Waals surface area contributed by atoms with Crippen LogP contribution < -0.4 is 4.74 Å². The quantitative estimate of drug-likeness (QED) is 0.202. The molecule has 5 heteroatoms. The number of unbranched alkanes of at least 4 members (excludes halogenated alkanes) is 3. The number of ether oxygens (including phenoxy) is 2. The number of hydrogen-bond donors (Lipinski definition) is 0. The molecule has 0 amide bonds. The van der Waals surface area contributed by atoms with E-state index >= 15 is 0 Å². The van der Waals surface area contributed by atoms with Gasteiger partial charge in [0, 0.05) is 18.0 Å². The Bertz CT molecular complexity index is 999. The smallest absolute Gasteiger partial charge is 0.338 e. The molecule has 180 valence electrons. The van der Waals surface area contributed by atoms with Crippen LogP contribution in [0.4, 0.5) is 0 Å². The summed E-state index contributed by atoms with van der Waals surface area (Å²) in [5.74, 6) is 1.58. The Hall–Kier alpha value is -3.21. The lowest BCUT2D eigenvalue weighted by molar-refractivity contribution is 0.0447. The minimum Gasteiger partial charge on any atom is -0.489 e. The lowest BCUT2D eigenvalue weighted by atomic mass is 10.1.